The number of carbonyl (C=O) groups excluding carboxylic acids is 1. The van der Waals surface area contributed by atoms with Gasteiger partial charge in [0.2, 0.25) is 0 Å². The van der Waals surface area contributed by atoms with Crippen LogP contribution in [-0.2, 0) is 27.2 Å². The van der Waals surface area contributed by atoms with E-state index in [9.17, 15) is 18.0 Å². The Bertz CT molecular complexity index is 946. The monoisotopic (exact) mass is 484 g/mol. The third-order valence-electron chi connectivity index (χ3n) is 5.26. The van der Waals surface area contributed by atoms with E-state index in [-0.39, 0.29) is 18.2 Å². The average Bonchev–Trinajstić information content (AvgIpc) is 3.46. The first-order chi connectivity index (χ1) is 16.2. The molecule has 2 aromatic rings. The molecule has 2 aliphatic rings. The summed E-state index contributed by atoms with van der Waals surface area (Å²) in [5, 5.41) is 17.6. The van der Waals surface area contributed by atoms with Crippen molar-refractivity contribution < 1.29 is 37.3 Å². The van der Waals surface area contributed by atoms with Crippen LogP contribution >= 0.6 is 0 Å². The normalized spacial score (nSPS) is 19.5. The van der Waals surface area contributed by atoms with Crippen LogP contribution in [0, 0.1) is 0 Å². The summed E-state index contributed by atoms with van der Waals surface area (Å²) < 4.78 is 45.1. The van der Waals surface area contributed by atoms with Gasteiger partial charge in [-0.05, 0) is 30.4 Å². The summed E-state index contributed by atoms with van der Waals surface area (Å²) in [6, 6.07) is 10.1. The van der Waals surface area contributed by atoms with Crippen LogP contribution in [-0.4, -0.2) is 65.5 Å². The molecule has 0 spiro atoms. The molecule has 2 unspecified atom stereocenters. The Kier molecular flexibility index (Phi) is 8.88. The van der Waals surface area contributed by atoms with Crippen molar-refractivity contribution in [2.24, 2.45) is 0 Å². The lowest BCUT2D eigenvalue weighted by Gasteiger charge is -2.22. The molecule has 9 nitrogen and oxygen atoms in total. The second-order valence-corrected chi connectivity index (χ2v) is 7.86. The zero-order chi connectivity index (χ0) is 24.6. The van der Waals surface area contributed by atoms with Crippen LogP contribution in [0.1, 0.15) is 35.8 Å². The van der Waals surface area contributed by atoms with E-state index in [1.165, 1.54) is 11.1 Å². The number of hydrogen-bond acceptors (Lipinski definition) is 5. The largest absolute Gasteiger partial charge is 0.490 e. The summed E-state index contributed by atoms with van der Waals surface area (Å²) >= 11 is 0. The molecule has 0 aliphatic carbocycles. The molecule has 12 heteroatoms. The molecule has 34 heavy (non-hydrogen) atoms. The van der Waals surface area contributed by atoms with Crippen molar-refractivity contribution in [1.82, 2.24) is 20.4 Å². The van der Waals surface area contributed by atoms with E-state index >= 15 is 0 Å². The molecule has 2 aliphatic heterocycles. The highest BCUT2D eigenvalue weighted by Crippen LogP contribution is 2.25. The molecule has 186 valence electrons. The number of aliphatic carboxylic acids is 1. The van der Waals surface area contributed by atoms with Gasteiger partial charge in [0.25, 0.3) is 0 Å². The minimum absolute atomic E-state index is 0.141. The smallest absolute Gasteiger partial charge is 0.475 e. The topological polar surface area (TPSA) is 115 Å². The summed E-state index contributed by atoms with van der Waals surface area (Å²) in [4.78, 5) is 20.9. The fraction of sp³-hybridized carbons (Fsp3) is 0.500. The molecule has 1 aromatic heterocycles. The maximum absolute atomic E-state index is 12.0. The van der Waals surface area contributed by atoms with Gasteiger partial charge >= 0.3 is 18.2 Å². The summed E-state index contributed by atoms with van der Waals surface area (Å²) in [6.45, 7) is 3.13. The number of alkyl halides is 3. The summed E-state index contributed by atoms with van der Waals surface area (Å²) in [5.74, 6) is -2.76. The molecular weight excluding hydrogens is 457 g/mol. The fourth-order valence-corrected chi connectivity index (χ4v) is 3.60. The van der Waals surface area contributed by atoms with Crippen LogP contribution in [0.5, 0.6) is 0 Å². The first-order valence-corrected chi connectivity index (χ1v) is 10.9. The molecule has 4 rings (SSSR count). The first kappa shape index (κ1) is 25.5. The number of hydrogen-bond donors (Lipinski definition) is 3. The van der Waals surface area contributed by atoms with E-state index < -0.39 is 12.1 Å². The van der Waals surface area contributed by atoms with Gasteiger partial charge < -0.3 is 25.2 Å². The van der Waals surface area contributed by atoms with Crippen LogP contribution in [0.3, 0.4) is 0 Å². The molecular formula is C22H27F3N4O5. The van der Waals surface area contributed by atoms with E-state index in [0.717, 1.165) is 38.1 Å². The lowest BCUT2D eigenvalue weighted by molar-refractivity contribution is -0.192. The van der Waals surface area contributed by atoms with Crippen molar-refractivity contribution in [1.29, 1.82) is 0 Å². The van der Waals surface area contributed by atoms with Gasteiger partial charge in [0.1, 0.15) is 6.10 Å². The second kappa shape index (κ2) is 11.8. The SMILES string of the molecule is O=C(NCC1CCCO1)NCC1OCCc2cn(Cc3ccccc3)nc21.O=C(O)C(F)(F)F. The predicted octanol–water partition coefficient (Wildman–Crippen LogP) is 2.66. The van der Waals surface area contributed by atoms with Gasteiger partial charge in [-0.15, -0.1) is 0 Å². The number of urea groups is 1. The minimum atomic E-state index is -5.08. The van der Waals surface area contributed by atoms with Gasteiger partial charge in [0.15, 0.2) is 0 Å². The Morgan fingerprint density at radius 1 is 1.12 bits per heavy atom. The van der Waals surface area contributed by atoms with Crippen molar-refractivity contribution >= 4 is 12.0 Å². The van der Waals surface area contributed by atoms with E-state index in [2.05, 4.69) is 29.0 Å². The van der Waals surface area contributed by atoms with Crippen LogP contribution in [0.15, 0.2) is 36.5 Å². The predicted molar refractivity (Wildman–Crippen MR) is 114 cm³/mol. The van der Waals surface area contributed by atoms with E-state index in [0.29, 0.717) is 19.7 Å². The first-order valence-electron chi connectivity index (χ1n) is 10.9. The van der Waals surface area contributed by atoms with Gasteiger partial charge in [0.05, 0.1) is 31.5 Å². The number of carbonyl (C=O) groups is 2. The molecule has 1 fully saturated rings. The van der Waals surface area contributed by atoms with Crippen LogP contribution in [0.25, 0.3) is 0 Å². The number of carboxylic acids is 1. The van der Waals surface area contributed by atoms with Crippen molar-refractivity contribution in [2.45, 2.75) is 44.2 Å². The van der Waals surface area contributed by atoms with Crippen LogP contribution in [0.4, 0.5) is 18.0 Å². The van der Waals surface area contributed by atoms with Crippen molar-refractivity contribution in [3.63, 3.8) is 0 Å². The molecule has 2 amide bonds. The number of carboxylic acid groups (broad SMARTS) is 1. The zero-order valence-corrected chi connectivity index (χ0v) is 18.4. The second-order valence-electron chi connectivity index (χ2n) is 7.86. The Morgan fingerprint density at radius 2 is 1.82 bits per heavy atom. The number of aromatic nitrogens is 2. The summed E-state index contributed by atoms with van der Waals surface area (Å²) in [6.07, 6.45) is -0.130. The third-order valence-corrected chi connectivity index (χ3v) is 5.26. The summed E-state index contributed by atoms with van der Waals surface area (Å²) in [5.41, 5.74) is 3.34. The Morgan fingerprint density at radius 3 is 2.47 bits per heavy atom. The van der Waals surface area contributed by atoms with Gasteiger partial charge in [-0.2, -0.15) is 18.3 Å². The number of halogens is 3. The average molecular weight is 484 g/mol. The number of nitrogens with one attached hydrogen (secondary N) is 2. The number of nitrogens with zero attached hydrogens (tertiary/aromatic N) is 2. The molecule has 3 N–H and O–H groups in total. The molecule has 0 saturated carbocycles. The lowest BCUT2D eigenvalue weighted by atomic mass is 10.1. The van der Waals surface area contributed by atoms with E-state index in [1.54, 1.807) is 0 Å². The standard InChI is InChI=1S/C20H26N4O3.C2HF3O2/c25-20(21-11-17-7-4-9-26-17)22-12-18-19-16(8-10-27-18)14-24(23-19)13-15-5-2-1-3-6-15;3-2(4,5)1(6)7/h1-3,5-6,14,17-18H,4,7-13H2,(H2,21,22,25);(H,6,7). The Balaban J connectivity index is 0.000000406. The number of amides is 2. The van der Waals surface area contributed by atoms with E-state index in [1.807, 2.05) is 22.9 Å². The van der Waals surface area contributed by atoms with Gasteiger partial charge in [-0.1, -0.05) is 30.3 Å². The van der Waals surface area contributed by atoms with Crippen LogP contribution in [0.2, 0.25) is 0 Å². The Hall–Kier alpha value is -3.12. The zero-order valence-electron chi connectivity index (χ0n) is 18.4. The van der Waals surface area contributed by atoms with Gasteiger partial charge in [-0.3, -0.25) is 4.68 Å². The highest BCUT2D eigenvalue weighted by molar-refractivity contribution is 5.74. The number of rotatable bonds is 6. The molecule has 3 heterocycles. The van der Waals surface area contributed by atoms with Crippen LogP contribution < -0.4 is 10.6 Å². The highest BCUT2D eigenvalue weighted by atomic mass is 19.4. The van der Waals surface area contributed by atoms with Gasteiger partial charge in [-0.25, -0.2) is 9.59 Å². The molecule has 2 atom stereocenters. The number of ether oxygens (including phenoxy) is 2. The maximum Gasteiger partial charge on any atom is 0.490 e. The quantitative estimate of drug-likeness (QED) is 0.581. The molecule has 0 bridgehead atoms. The lowest BCUT2D eigenvalue weighted by Crippen LogP contribution is -2.42. The number of benzene rings is 1. The van der Waals surface area contributed by atoms with E-state index in [4.69, 9.17) is 24.5 Å². The third kappa shape index (κ3) is 7.73. The fourth-order valence-electron chi connectivity index (χ4n) is 3.60. The minimum Gasteiger partial charge on any atom is -0.475 e. The molecule has 0 radical (unpaired) electrons. The number of fused-ring (bicyclic) bond motifs is 1. The van der Waals surface area contributed by atoms with Gasteiger partial charge in [0, 0.05) is 19.3 Å². The molecule has 1 saturated heterocycles. The van der Waals surface area contributed by atoms with Crippen molar-refractivity contribution in [3.05, 3.63) is 53.3 Å². The summed E-state index contributed by atoms with van der Waals surface area (Å²) in [7, 11) is 0. The highest BCUT2D eigenvalue weighted by Gasteiger charge is 2.38. The van der Waals surface area contributed by atoms with Crippen molar-refractivity contribution in [3.8, 4) is 0 Å². The Labute approximate surface area is 194 Å². The maximum atomic E-state index is 12.0. The molecule has 1 aromatic carbocycles. The van der Waals surface area contributed by atoms with Crippen molar-refractivity contribution in [2.75, 3.05) is 26.3 Å².